The smallest absolute Gasteiger partial charge is 0.261 e. The van der Waals surface area contributed by atoms with E-state index in [0.29, 0.717) is 62.3 Å². The van der Waals surface area contributed by atoms with E-state index >= 15 is 0 Å². The zero-order valence-electron chi connectivity index (χ0n) is 25.3. The highest BCUT2D eigenvalue weighted by molar-refractivity contribution is 7.17. The van der Waals surface area contributed by atoms with Gasteiger partial charge in [0, 0.05) is 42.3 Å². The summed E-state index contributed by atoms with van der Waals surface area (Å²) in [5.74, 6) is -2.17. The summed E-state index contributed by atoms with van der Waals surface area (Å²) in [5.41, 5.74) is 4.25. The van der Waals surface area contributed by atoms with Crippen LogP contribution in [0.2, 0.25) is 0 Å². The Morgan fingerprint density at radius 3 is 2.55 bits per heavy atom. The maximum Gasteiger partial charge on any atom is 0.261 e. The van der Waals surface area contributed by atoms with E-state index in [1.165, 1.54) is 29.5 Å². The topological polar surface area (TPSA) is 101 Å². The highest BCUT2D eigenvalue weighted by Crippen LogP contribution is 2.54. The highest BCUT2D eigenvalue weighted by Gasteiger charge is 2.48. The number of thiophene rings is 1. The molecule has 5 heterocycles. The number of rotatable bonds is 8. The number of nitrogens with zero attached hydrogens (tertiary/aromatic N) is 4. The Hall–Kier alpha value is -4.84. The van der Waals surface area contributed by atoms with Crippen LogP contribution in [0.15, 0.2) is 59.0 Å². The molecule has 238 valence electrons. The van der Waals surface area contributed by atoms with Crippen molar-refractivity contribution in [3.8, 4) is 21.9 Å². The fraction of sp³-hybridized carbons (Fsp3) is 0.286. The van der Waals surface area contributed by atoms with Crippen molar-refractivity contribution in [1.82, 2.24) is 25.4 Å². The number of halogens is 3. The van der Waals surface area contributed by atoms with Crippen molar-refractivity contribution < 1.29 is 27.2 Å². The van der Waals surface area contributed by atoms with Crippen LogP contribution in [0.4, 0.5) is 13.2 Å². The van der Waals surface area contributed by atoms with Crippen LogP contribution in [0.1, 0.15) is 80.2 Å². The molecule has 2 aliphatic heterocycles. The van der Waals surface area contributed by atoms with Crippen molar-refractivity contribution in [2.45, 2.75) is 57.0 Å². The first kappa shape index (κ1) is 29.6. The van der Waals surface area contributed by atoms with Gasteiger partial charge in [0.05, 0.1) is 33.4 Å². The van der Waals surface area contributed by atoms with Gasteiger partial charge in [0.2, 0.25) is 11.8 Å². The Morgan fingerprint density at radius 2 is 1.83 bits per heavy atom. The lowest BCUT2D eigenvalue weighted by molar-refractivity contribution is 0.0776. The minimum absolute atomic E-state index is 0.00513. The molecule has 0 spiro atoms. The highest BCUT2D eigenvalue weighted by atomic mass is 32.1. The van der Waals surface area contributed by atoms with Gasteiger partial charge in [-0.1, -0.05) is 18.2 Å². The van der Waals surface area contributed by atoms with Gasteiger partial charge in [-0.3, -0.25) is 14.6 Å². The second-order valence-electron chi connectivity index (χ2n) is 12.4. The Balaban J connectivity index is 1.24. The number of aromatic nitrogens is 3. The van der Waals surface area contributed by atoms with Crippen molar-refractivity contribution in [3.63, 3.8) is 0 Å². The minimum atomic E-state index is -0.987. The first-order chi connectivity index (χ1) is 22.7. The molecule has 0 radical (unpaired) electrons. The number of aryl methyl sites for hydroxylation is 1. The molecule has 2 amide bonds. The van der Waals surface area contributed by atoms with E-state index in [1.54, 1.807) is 19.1 Å². The lowest BCUT2D eigenvalue weighted by atomic mass is 9.86. The van der Waals surface area contributed by atoms with Crippen molar-refractivity contribution in [1.29, 1.82) is 0 Å². The van der Waals surface area contributed by atoms with Gasteiger partial charge in [-0.25, -0.2) is 13.2 Å². The fourth-order valence-electron chi connectivity index (χ4n) is 6.91. The zero-order valence-corrected chi connectivity index (χ0v) is 26.1. The van der Waals surface area contributed by atoms with Crippen LogP contribution < -0.4 is 5.32 Å². The Morgan fingerprint density at radius 1 is 1.02 bits per heavy atom. The average Bonchev–Trinajstić information content (AvgIpc) is 3.48. The Bertz CT molecular complexity index is 2070. The van der Waals surface area contributed by atoms with E-state index in [1.807, 2.05) is 17.0 Å². The van der Waals surface area contributed by atoms with Crippen LogP contribution in [-0.4, -0.2) is 38.4 Å². The van der Waals surface area contributed by atoms with E-state index in [4.69, 9.17) is 9.40 Å². The maximum atomic E-state index is 14.0. The second kappa shape index (κ2) is 11.2. The quantitative estimate of drug-likeness (QED) is 0.192. The molecular weight excluding hydrogens is 627 g/mol. The number of benzene rings is 2. The molecule has 2 aromatic carbocycles. The largest absolute Gasteiger partial charge is 0.421 e. The summed E-state index contributed by atoms with van der Waals surface area (Å²) in [6.07, 6.45) is 3.99. The van der Waals surface area contributed by atoms with E-state index in [0.717, 1.165) is 43.4 Å². The zero-order chi connectivity index (χ0) is 32.4. The molecule has 47 heavy (non-hydrogen) atoms. The van der Waals surface area contributed by atoms with Crippen LogP contribution in [-0.2, 0) is 18.4 Å². The molecule has 1 N–H and O–H groups in total. The number of carbonyl (C=O) groups is 2. The van der Waals surface area contributed by atoms with Gasteiger partial charge in [0.15, 0.2) is 11.6 Å². The summed E-state index contributed by atoms with van der Waals surface area (Å²) in [6.45, 7) is 2.33. The second-order valence-corrected chi connectivity index (χ2v) is 13.5. The summed E-state index contributed by atoms with van der Waals surface area (Å²) < 4.78 is 47.0. The molecule has 1 aliphatic carbocycles. The number of carbonyl (C=O) groups excluding carboxylic acids is 2. The summed E-state index contributed by atoms with van der Waals surface area (Å²) >= 11 is 1.21. The number of amides is 2. The number of pyridine rings is 1. The average molecular weight is 656 g/mol. The molecule has 1 saturated heterocycles. The van der Waals surface area contributed by atoms with Crippen LogP contribution in [0.3, 0.4) is 0 Å². The predicted octanol–water partition coefficient (Wildman–Crippen LogP) is 7.08. The molecule has 3 aromatic heterocycles. The summed E-state index contributed by atoms with van der Waals surface area (Å²) in [4.78, 5) is 35.4. The summed E-state index contributed by atoms with van der Waals surface area (Å²) in [7, 11) is 0. The Labute approximate surface area is 271 Å². The van der Waals surface area contributed by atoms with Gasteiger partial charge in [0.1, 0.15) is 5.82 Å². The van der Waals surface area contributed by atoms with E-state index in [2.05, 4.69) is 15.5 Å². The third-order valence-corrected chi connectivity index (χ3v) is 10.5. The monoisotopic (exact) mass is 655 g/mol. The summed E-state index contributed by atoms with van der Waals surface area (Å²) in [6, 6.07) is 13.4. The first-order valence-electron chi connectivity index (χ1n) is 15.5. The van der Waals surface area contributed by atoms with Crippen molar-refractivity contribution >= 4 is 23.2 Å². The van der Waals surface area contributed by atoms with Crippen molar-refractivity contribution in [3.05, 3.63) is 111 Å². The molecule has 12 heteroatoms. The molecule has 8 nitrogen and oxygen atoms in total. The van der Waals surface area contributed by atoms with Crippen LogP contribution >= 0.6 is 11.3 Å². The molecule has 5 aromatic rings. The van der Waals surface area contributed by atoms with E-state index < -0.39 is 17.5 Å². The first-order valence-corrected chi connectivity index (χ1v) is 16.3. The SMILES string of the molecule is Cc1nnc(-c2c(CC3(c4ccc(F)cc4)CC3)nc3c(c2-c2ccc(C(=O)NCc4ccc(F)c(F)c4)s2)C(=O)N2CCCC32)o1. The minimum Gasteiger partial charge on any atom is -0.421 e. The lowest BCUT2D eigenvalue weighted by Crippen LogP contribution is -2.23. The van der Waals surface area contributed by atoms with Gasteiger partial charge in [0.25, 0.3) is 11.8 Å². The maximum absolute atomic E-state index is 14.0. The lowest BCUT2D eigenvalue weighted by Gasteiger charge is -2.20. The molecule has 0 bridgehead atoms. The fourth-order valence-corrected chi connectivity index (χ4v) is 7.89. The van der Waals surface area contributed by atoms with Gasteiger partial charge < -0.3 is 14.6 Å². The molecule has 8 rings (SSSR count). The molecule has 1 unspecified atom stereocenters. The van der Waals surface area contributed by atoms with Crippen LogP contribution in [0.25, 0.3) is 21.9 Å². The molecule has 1 atom stereocenters. The van der Waals surface area contributed by atoms with Gasteiger partial charge >= 0.3 is 0 Å². The Kier molecular flexibility index (Phi) is 7.01. The standard InChI is InChI=1S/C35H28F3N5O3S/c1-18-41-42-33(46-18)28-24(16-35(12-13-35)20-5-7-21(36)8-6-20)40-31-25-3-2-14-43(25)34(45)30(31)29(28)26-10-11-27(47-26)32(44)39-17-19-4-9-22(37)23(38)15-19/h4-11,15,25H,2-3,12-14,16-17H2,1H3,(H,39,44). The molecule has 1 saturated carbocycles. The van der Waals surface area contributed by atoms with E-state index in [-0.39, 0.29) is 35.6 Å². The van der Waals surface area contributed by atoms with Crippen molar-refractivity contribution in [2.75, 3.05) is 6.54 Å². The van der Waals surface area contributed by atoms with Crippen LogP contribution in [0.5, 0.6) is 0 Å². The number of nitrogens with one attached hydrogen (secondary N) is 1. The third-order valence-electron chi connectivity index (χ3n) is 9.41. The molecule has 2 fully saturated rings. The van der Waals surface area contributed by atoms with Crippen molar-refractivity contribution in [2.24, 2.45) is 0 Å². The molecule has 3 aliphatic rings. The van der Waals surface area contributed by atoms with Crippen LogP contribution in [0, 0.1) is 24.4 Å². The third kappa shape index (κ3) is 5.11. The molecular formula is C35H28F3N5O3S. The normalized spacial score (nSPS) is 17.6. The van der Waals surface area contributed by atoms with Gasteiger partial charge in [-0.2, -0.15) is 0 Å². The van der Waals surface area contributed by atoms with E-state index in [9.17, 15) is 22.8 Å². The van der Waals surface area contributed by atoms with Gasteiger partial charge in [-0.15, -0.1) is 21.5 Å². The predicted molar refractivity (Wildman–Crippen MR) is 167 cm³/mol. The summed E-state index contributed by atoms with van der Waals surface area (Å²) in [5, 5.41) is 11.2. The number of hydrogen-bond donors (Lipinski definition) is 1. The number of fused-ring (bicyclic) bond motifs is 3. The number of hydrogen-bond acceptors (Lipinski definition) is 7. The van der Waals surface area contributed by atoms with Gasteiger partial charge in [-0.05, 0) is 73.2 Å².